The lowest BCUT2D eigenvalue weighted by atomic mass is 9.60. The average Bonchev–Trinajstić information content (AvgIpc) is 2.95. The largest absolute Gasteiger partial charge is 0.453 e. The molecule has 1 saturated carbocycles. The molecule has 3 aromatic rings. The van der Waals surface area contributed by atoms with Crippen LogP contribution < -0.4 is 20.3 Å². The Morgan fingerprint density at radius 1 is 1.18 bits per heavy atom. The number of nitriles is 1. The predicted molar refractivity (Wildman–Crippen MR) is 145 cm³/mol. The van der Waals surface area contributed by atoms with Gasteiger partial charge in [0.2, 0.25) is 0 Å². The van der Waals surface area contributed by atoms with E-state index in [1.807, 2.05) is 6.07 Å². The number of anilines is 1. The molecule has 0 unspecified atom stereocenters. The zero-order valence-electron chi connectivity index (χ0n) is 21.7. The minimum Gasteiger partial charge on any atom is -0.453 e. The molecule has 0 amide bonds. The normalized spacial score (nSPS) is 19.7. The topological polar surface area (TPSA) is 139 Å². The molecule has 3 aliphatic rings. The molecule has 3 heterocycles. The molecule has 40 heavy (non-hydrogen) atoms. The Kier molecular flexibility index (Phi) is 6.95. The third kappa shape index (κ3) is 4.92. The van der Waals surface area contributed by atoms with Crippen LogP contribution in [0.3, 0.4) is 0 Å². The highest BCUT2D eigenvalue weighted by Gasteiger charge is 2.45. The number of hydrogen-bond acceptors (Lipinski definition) is 8. The minimum absolute atomic E-state index is 0.0749. The van der Waals surface area contributed by atoms with Crippen molar-refractivity contribution in [3.8, 4) is 17.6 Å². The number of hydrogen-bond donors (Lipinski definition) is 2. The van der Waals surface area contributed by atoms with Gasteiger partial charge in [0.1, 0.15) is 17.4 Å². The van der Waals surface area contributed by atoms with Crippen molar-refractivity contribution in [2.45, 2.75) is 31.7 Å². The molecular weight excluding hydrogens is 539 g/mol. The molecule has 0 radical (unpaired) electrons. The molecule has 13 heteroatoms. The summed E-state index contributed by atoms with van der Waals surface area (Å²) in [6.45, 7) is 2.81. The number of morpholine rings is 1. The molecule has 3 fully saturated rings. The van der Waals surface area contributed by atoms with Gasteiger partial charge >= 0.3 is 10.2 Å². The fraction of sp³-hybridized carbons (Fsp3) is 0.444. The molecular formula is C27H29FN6O5S. The van der Waals surface area contributed by atoms with E-state index in [0.29, 0.717) is 10.9 Å². The quantitative estimate of drug-likeness (QED) is 0.463. The van der Waals surface area contributed by atoms with Crippen molar-refractivity contribution >= 4 is 26.8 Å². The number of aromatic nitrogens is 2. The molecule has 2 saturated heterocycles. The first-order valence-electron chi connectivity index (χ1n) is 13.3. The van der Waals surface area contributed by atoms with Crippen LogP contribution in [0.4, 0.5) is 10.1 Å². The average molecular weight is 569 g/mol. The predicted octanol–water partition coefficient (Wildman–Crippen LogP) is 2.89. The first-order valence-corrected chi connectivity index (χ1v) is 14.7. The van der Waals surface area contributed by atoms with Gasteiger partial charge < -0.3 is 14.8 Å². The highest BCUT2D eigenvalue weighted by atomic mass is 32.2. The third-order valence-corrected chi connectivity index (χ3v) is 9.66. The van der Waals surface area contributed by atoms with Crippen LogP contribution in [0.1, 0.15) is 37.3 Å². The summed E-state index contributed by atoms with van der Waals surface area (Å²) >= 11 is 0. The smallest absolute Gasteiger partial charge is 0.301 e. The number of fused-ring (bicyclic) bond motifs is 1. The van der Waals surface area contributed by atoms with Crippen LogP contribution in [0.2, 0.25) is 0 Å². The van der Waals surface area contributed by atoms with Crippen LogP contribution in [0.5, 0.6) is 11.5 Å². The summed E-state index contributed by atoms with van der Waals surface area (Å²) < 4.78 is 56.8. The van der Waals surface area contributed by atoms with Gasteiger partial charge in [-0.05, 0) is 74.5 Å². The summed E-state index contributed by atoms with van der Waals surface area (Å²) in [7, 11) is -4.01. The molecule has 6 rings (SSSR count). The molecule has 0 atom stereocenters. The van der Waals surface area contributed by atoms with Gasteiger partial charge in [0.25, 0.3) is 5.56 Å². The summed E-state index contributed by atoms with van der Waals surface area (Å²) in [6.07, 6.45) is 5.66. The van der Waals surface area contributed by atoms with Crippen molar-refractivity contribution < 1.29 is 22.3 Å². The second-order valence-electron chi connectivity index (χ2n) is 10.6. The lowest BCUT2D eigenvalue weighted by Crippen LogP contribution is -2.47. The SMILES string of the molecule is N#Cc1c(NS(=O)(=O)N2CCOCC2)ccc(F)c1Oc1ccc2ncn(C3CC4(CCNCC4)C3)c(=O)c2c1. The molecule has 1 aromatic heterocycles. The third-order valence-electron chi connectivity index (χ3n) is 8.14. The number of halogens is 1. The van der Waals surface area contributed by atoms with E-state index < -0.39 is 21.8 Å². The number of piperidine rings is 1. The van der Waals surface area contributed by atoms with Gasteiger partial charge in [0.15, 0.2) is 11.6 Å². The van der Waals surface area contributed by atoms with Crippen LogP contribution in [-0.2, 0) is 14.9 Å². The number of ether oxygens (including phenoxy) is 2. The van der Waals surface area contributed by atoms with E-state index in [1.54, 1.807) is 17.0 Å². The fourth-order valence-electron chi connectivity index (χ4n) is 5.90. The zero-order valence-corrected chi connectivity index (χ0v) is 22.5. The van der Waals surface area contributed by atoms with Crippen molar-refractivity contribution in [3.63, 3.8) is 0 Å². The van der Waals surface area contributed by atoms with Gasteiger partial charge in [-0.25, -0.2) is 9.37 Å². The summed E-state index contributed by atoms with van der Waals surface area (Å²) in [6, 6.07) is 8.72. The maximum atomic E-state index is 14.9. The van der Waals surface area contributed by atoms with Gasteiger partial charge in [-0.1, -0.05) is 0 Å². The second-order valence-corrected chi connectivity index (χ2v) is 12.3. The second kappa shape index (κ2) is 10.4. The van der Waals surface area contributed by atoms with Crippen LogP contribution in [0.15, 0.2) is 41.5 Å². The van der Waals surface area contributed by atoms with E-state index >= 15 is 0 Å². The van der Waals surface area contributed by atoms with Crippen molar-refractivity contribution in [2.75, 3.05) is 44.1 Å². The van der Waals surface area contributed by atoms with E-state index in [-0.39, 0.29) is 60.3 Å². The zero-order chi connectivity index (χ0) is 27.9. The van der Waals surface area contributed by atoms with E-state index in [4.69, 9.17) is 9.47 Å². The van der Waals surface area contributed by atoms with Crippen LogP contribution in [0, 0.1) is 22.6 Å². The van der Waals surface area contributed by atoms with Crippen molar-refractivity contribution in [3.05, 3.63) is 58.4 Å². The number of nitrogens with one attached hydrogen (secondary N) is 2. The van der Waals surface area contributed by atoms with Gasteiger partial charge in [-0.2, -0.15) is 18.0 Å². The Hall–Kier alpha value is -3.57. The first kappa shape index (κ1) is 26.6. The van der Waals surface area contributed by atoms with Gasteiger partial charge in [-0.3, -0.25) is 14.1 Å². The monoisotopic (exact) mass is 568 g/mol. The lowest BCUT2D eigenvalue weighted by Gasteiger charge is -2.50. The number of rotatable bonds is 6. The minimum atomic E-state index is -4.01. The van der Waals surface area contributed by atoms with E-state index in [1.165, 1.54) is 22.5 Å². The van der Waals surface area contributed by atoms with Gasteiger partial charge in [-0.15, -0.1) is 0 Å². The molecule has 1 aliphatic carbocycles. The standard InChI is InChI=1S/C27H29FN6O5S/c28-22-2-4-24(32-40(36,37)33-9-11-38-12-10-33)21(16-29)25(22)39-19-1-3-23-20(13-19)26(35)34(17-31-23)18-14-27(15-18)5-7-30-8-6-27/h1-4,13,17-18,30,32H,5-12,14-15H2. The molecule has 2 aliphatic heterocycles. The lowest BCUT2D eigenvalue weighted by molar-refractivity contribution is 0.0270. The first-order chi connectivity index (χ1) is 19.3. The van der Waals surface area contributed by atoms with E-state index in [0.717, 1.165) is 44.8 Å². The Labute approximate surface area is 230 Å². The van der Waals surface area contributed by atoms with Crippen molar-refractivity contribution in [1.82, 2.24) is 19.2 Å². The van der Waals surface area contributed by atoms with Crippen LogP contribution >= 0.6 is 0 Å². The molecule has 210 valence electrons. The Balaban J connectivity index is 1.28. The number of nitrogens with zero attached hydrogens (tertiary/aromatic N) is 4. The van der Waals surface area contributed by atoms with E-state index in [9.17, 15) is 22.9 Å². The highest BCUT2D eigenvalue weighted by molar-refractivity contribution is 7.90. The van der Waals surface area contributed by atoms with Crippen LogP contribution in [-0.4, -0.2) is 61.7 Å². The molecule has 11 nitrogen and oxygen atoms in total. The summed E-state index contributed by atoms with van der Waals surface area (Å²) in [5, 5.41) is 13.5. The maximum Gasteiger partial charge on any atom is 0.301 e. The van der Waals surface area contributed by atoms with E-state index in [2.05, 4.69) is 15.0 Å². The van der Waals surface area contributed by atoms with Gasteiger partial charge in [0, 0.05) is 19.1 Å². The summed E-state index contributed by atoms with van der Waals surface area (Å²) in [4.78, 5) is 17.9. The Bertz CT molecular complexity index is 1650. The number of benzene rings is 2. The van der Waals surface area contributed by atoms with Crippen molar-refractivity contribution in [2.24, 2.45) is 5.41 Å². The molecule has 2 N–H and O–H groups in total. The maximum absolute atomic E-state index is 14.9. The summed E-state index contributed by atoms with van der Waals surface area (Å²) in [5.41, 5.74) is 0.110. The highest BCUT2D eigenvalue weighted by Crippen LogP contribution is 2.53. The van der Waals surface area contributed by atoms with Gasteiger partial charge in [0.05, 0.1) is 36.1 Å². The van der Waals surface area contributed by atoms with Crippen LogP contribution in [0.25, 0.3) is 10.9 Å². The Morgan fingerprint density at radius 2 is 1.93 bits per heavy atom. The molecule has 1 spiro atoms. The summed E-state index contributed by atoms with van der Waals surface area (Å²) in [5.74, 6) is -1.17. The van der Waals surface area contributed by atoms with Crippen molar-refractivity contribution in [1.29, 1.82) is 5.26 Å². The molecule has 2 aromatic carbocycles. The molecule has 0 bridgehead atoms. The Morgan fingerprint density at radius 3 is 2.65 bits per heavy atom. The fourth-order valence-corrected chi connectivity index (χ4v) is 7.11.